The molecule has 31 heavy (non-hydrogen) atoms. The van der Waals surface area contributed by atoms with E-state index >= 15 is 0 Å². The molecule has 0 bridgehead atoms. The Labute approximate surface area is 209 Å². The Bertz CT molecular complexity index is 726. The van der Waals surface area contributed by atoms with Gasteiger partial charge >= 0.3 is 0 Å². The second kappa shape index (κ2) is 13.5. The topological polar surface area (TPSA) is 60.0 Å². The number of hydrogen-bond acceptors (Lipinski definition) is 3. The number of halogens is 2. The lowest BCUT2D eigenvalue weighted by molar-refractivity contribution is -0.130. The number of nitrogens with one attached hydrogen (secondary N) is 2. The van der Waals surface area contributed by atoms with Gasteiger partial charge in [0.15, 0.2) is 5.96 Å². The van der Waals surface area contributed by atoms with Gasteiger partial charge in [0.25, 0.3) is 0 Å². The van der Waals surface area contributed by atoms with Gasteiger partial charge in [0, 0.05) is 37.2 Å². The largest absolute Gasteiger partial charge is 0.357 e. The highest BCUT2D eigenvalue weighted by atomic mass is 127. The molecule has 1 aromatic rings. The Morgan fingerprint density at radius 1 is 1.16 bits per heavy atom. The first-order valence-electron chi connectivity index (χ1n) is 11.3. The molecule has 2 N–H and O–H groups in total. The first-order chi connectivity index (χ1) is 14.6. The molecule has 2 heterocycles. The maximum absolute atomic E-state index is 12.5. The normalized spacial score (nSPS) is 22.5. The van der Waals surface area contributed by atoms with Crippen molar-refractivity contribution in [2.24, 2.45) is 10.9 Å². The summed E-state index contributed by atoms with van der Waals surface area (Å²) in [5.74, 6) is 1.30. The molecule has 1 amide bonds. The van der Waals surface area contributed by atoms with Crippen molar-refractivity contribution in [3.05, 3.63) is 34.9 Å². The van der Waals surface area contributed by atoms with E-state index in [1.54, 1.807) is 0 Å². The minimum Gasteiger partial charge on any atom is -0.357 e. The summed E-state index contributed by atoms with van der Waals surface area (Å²) in [5, 5.41) is 7.56. The van der Waals surface area contributed by atoms with E-state index in [1.807, 2.05) is 24.0 Å². The summed E-state index contributed by atoms with van der Waals surface area (Å²) in [5.41, 5.74) is 1.26. The number of likely N-dealkylation sites (tertiary alicyclic amines) is 2. The molecule has 8 heteroatoms. The molecule has 0 aromatic heterocycles. The van der Waals surface area contributed by atoms with Crippen LogP contribution in [-0.2, 0) is 4.79 Å². The molecular formula is C23H37ClIN5O. The summed E-state index contributed by atoms with van der Waals surface area (Å²) in [7, 11) is 2.19. The van der Waals surface area contributed by atoms with Crippen LogP contribution in [0.1, 0.15) is 50.6 Å². The fraction of sp³-hybridized carbons (Fsp3) is 0.652. The van der Waals surface area contributed by atoms with E-state index in [1.165, 1.54) is 18.4 Å². The van der Waals surface area contributed by atoms with Crippen LogP contribution in [0.5, 0.6) is 0 Å². The van der Waals surface area contributed by atoms with Crippen LogP contribution in [0.2, 0.25) is 5.02 Å². The summed E-state index contributed by atoms with van der Waals surface area (Å²) in [6, 6.07) is 8.53. The third-order valence-corrected chi connectivity index (χ3v) is 6.39. The van der Waals surface area contributed by atoms with Crippen LogP contribution >= 0.6 is 35.6 Å². The molecule has 0 aliphatic carbocycles. The molecule has 1 aromatic carbocycles. The third kappa shape index (κ3) is 7.79. The van der Waals surface area contributed by atoms with E-state index in [0.29, 0.717) is 12.0 Å². The van der Waals surface area contributed by atoms with Gasteiger partial charge in [-0.2, -0.15) is 0 Å². The second-order valence-corrected chi connectivity index (χ2v) is 8.84. The van der Waals surface area contributed by atoms with Crippen LogP contribution in [0.4, 0.5) is 0 Å². The first kappa shape index (κ1) is 26.2. The third-order valence-electron chi connectivity index (χ3n) is 6.15. The number of aliphatic imine (C=N–C) groups is 1. The van der Waals surface area contributed by atoms with Crippen molar-refractivity contribution in [2.75, 3.05) is 46.3 Å². The number of nitrogens with zero attached hydrogens (tertiary/aromatic N) is 3. The van der Waals surface area contributed by atoms with Crippen molar-refractivity contribution >= 4 is 47.4 Å². The highest BCUT2D eigenvalue weighted by Crippen LogP contribution is 2.35. The van der Waals surface area contributed by atoms with Gasteiger partial charge in [0.1, 0.15) is 6.54 Å². The average Bonchev–Trinajstić information content (AvgIpc) is 2.76. The molecule has 2 aliphatic heterocycles. The fourth-order valence-electron chi connectivity index (χ4n) is 4.65. The van der Waals surface area contributed by atoms with Crippen LogP contribution in [0.15, 0.2) is 29.3 Å². The molecular weight excluding hydrogens is 525 g/mol. The van der Waals surface area contributed by atoms with E-state index in [2.05, 4.69) is 39.7 Å². The Morgan fingerprint density at radius 3 is 2.65 bits per heavy atom. The van der Waals surface area contributed by atoms with Crippen molar-refractivity contribution in [3.8, 4) is 0 Å². The molecule has 2 fully saturated rings. The molecule has 2 unspecified atom stereocenters. The zero-order valence-electron chi connectivity index (χ0n) is 18.8. The molecule has 2 aliphatic rings. The van der Waals surface area contributed by atoms with Crippen molar-refractivity contribution in [2.45, 2.75) is 45.1 Å². The quantitative estimate of drug-likeness (QED) is 0.314. The number of hydrogen-bond donors (Lipinski definition) is 2. The average molecular weight is 562 g/mol. The van der Waals surface area contributed by atoms with Gasteiger partial charge < -0.3 is 15.5 Å². The highest BCUT2D eigenvalue weighted by Gasteiger charge is 2.30. The highest BCUT2D eigenvalue weighted by molar-refractivity contribution is 14.0. The molecule has 0 radical (unpaired) electrons. The van der Waals surface area contributed by atoms with Crippen molar-refractivity contribution < 1.29 is 4.79 Å². The lowest BCUT2D eigenvalue weighted by atomic mass is 9.85. The molecule has 6 nitrogen and oxygen atoms in total. The zero-order chi connectivity index (χ0) is 21.3. The summed E-state index contributed by atoms with van der Waals surface area (Å²) >= 11 is 6.26. The van der Waals surface area contributed by atoms with Crippen LogP contribution in [0, 0.1) is 5.92 Å². The summed E-state index contributed by atoms with van der Waals surface area (Å²) in [6.07, 6.45) is 5.77. The van der Waals surface area contributed by atoms with Crippen molar-refractivity contribution in [1.29, 1.82) is 0 Å². The Hall–Kier alpha value is -1.06. The maximum atomic E-state index is 12.5. The Balaban J connectivity index is 0.00000341. The van der Waals surface area contributed by atoms with E-state index in [0.717, 1.165) is 63.0 Å². The number of rotatable bonds is 6. The summed E-state index contributed by atoms with van der Waals surface area (Å²) in [4.78, 5) is 21.4. The van der Waals surface area contributed by atoms with Gasteiger partial charge in [-0.1, -0.05) is 23.7 Å². The van der Waals surface area contributed by atoms with Gasteiger partial charge in [0.2, 0.25) is 5.91 Å². The van der Waals surface area contributed by atoms with Crippen LogP contribution in [0.3, 0.4) is 0 Å². The second-order valence-electron chi connectivity index (χ2n) is 8.40. The number of carbonyl (C=O) groups excluding carboxylic acids is 1. The molecule has 3 rings (SSSR count). The van der Waals surface area contributed by atoms with E-state index in [4.69, 9.17) is 11.6 Å². The summed E-state index contributed by atoms with van der Waals surface area (Å²) < 4.78 is 0. The fourth-order valence-corrected chi connectivity index (χ4v) is 4.85. The first-order valence-corrected chi connectivity index (χ1v) is 11.7. The predicted molar refractivity (Wildman–Crippen MR) is 139 cm³/mol. The lowest BCUT2D eigenvalue weighted by Gasteiger charge is -2.40. The summed E-state index contributed by atoms with van der Waals surface area (Å²) in [6.45, 7) is 6.66. The molecule has 2 saturated heterocycles. The zero-order valence-corrected chi connectivity index (χ0v) is 21.9. The van der Waals surface area contributed by atoms with Crippen LogP contribution < -0.4 is 10.6 Å². The van der Waals surface area contributed by atoms with Crippen LogP contribution in [-0.4, -0.2) is 68.0 Å². The molecule has 0 spiro atoms. The number of benzene rings is 1. The SMILES string of the molecule is CCNC(=NCC(=O)N1CCCCC1)NCC1CCCN(C)C1c1cccc(Cl)c1.I. The van der Waals surface area contributed by atoms with Crippen LogP contribution in [0.25, 0.3) is 0 Å². The van der Waals surface area contributed by atoms with E-state index in [-0.39, 0.29) is 36.4 Å². The number of guanidine groups is 1. The standard InChI is InChI=1S/C23H36ClN5O.HI/c1-3-25-23(27-17-21(30)29-13-5-4-6-14-29)26-16-19-10-8-12-28(2)22(19)18-9-7-11-20(24)15-18;/h7,9,11,15,19,22H,3-6,8,10,12-14,16-17H2,1-2H3,(H2,25,26,27);1H. The smallest absolute Gasteiger partial charge is 0.244 e. The van der Waals surface area contributed by atoms with Crippen molar-refractivity contribution in [1.82, 2.24) is 20.4 Å². The lowest BCUT2D eigenvalue weighted by Crippen LogP contribution is -2.45. The maximum Gasteiger partial charge on any atom is 0.244 e. The predicted octanol–water partition coefficient (Wildman–Crippen LogP) is 3.91. The minimum atomic E-state index is 0. The monoisotopic (exact) mass is 561 g/mol. The Morgan fingerprint density at radius 2 is 1.94 bits per heavy atom. The molecule has 0 saturated carbocycles. The van der Waals surface area contributed by atoms with Crippen molar-refractivity contribution in [3.63, 3.8) is 0 Å². The van der Waals surface area contributed by atoms with Gasteiger partial charge in [-0.15, -0.1) is 24.0 Å². The number of carbonyl (C=O) groups is 1. The minimum absolute atomic E-state index is 0. The number of piperidine rings is 2. The Kier molecular flexibility index (Phi) is 11.4. The van der Waals surface area contributed by atoms with Gasteiger partial charge in [0.05, 0.1) is 0 Å². The van der Waals surface area contributed by atoms with Gasteiger partial charge in [-0.05, 0) is 76.2 Å². The molecule has 2 atom stereocenters. The van der Waals surface area contributed by atoms with E-state index < -0.39 is 0 Å². The molecule has 174 valence electrons. The van der Waals surface area contributed by atoms with E-state index in [9.17, 15) is 4.79 Å². The van der Waals surface area contributed by atoms with Gasteiger partial charge in [-0.25, -0.2) is 4.99 Å². The van der Waals surface area contributed by atoms with Gasteiger partial charge in [-0.3, -0.25) is 9.69 Å². The number of amides is 1.